The van der Waals surface area contributed by atoms with Crippen LogP contribution in [0.5, 0.6) is 5.75 Å². The predicted octanol–water partition coefficient (Wildman–Crippen LogP) is 2.86. The van der Waals surface area contributed by atoms with Crippen molar-refractivity contribution in [1.82, 2.24) is 30.0 Å². The number of nitrogens with two attached hydrogens (primary N) is 1. The zero-order valence-corrected chi connectivity index (χ0v) is 20.4. The number of rotatable bonds is 8. The molecule has 1 aromatic carbocycles. The molecular weight excluding hydrogens is 466 g/mol. The Hall–Kier alpha value is -3.05. The maximum atomic E-state index is 13.6. The maximum absolute atomic E-state index is 13.6. The Bertz CT molecular complexity index is 1260. The minimum absolute atomic E-state index is 0.0652. The zero-order chi connectivity index (χ0) is 24.9. The molecule has 0 radical (unpaired) electrons. The summed E-state index contributed by atoms with van der Waals surface area (Å²) in [5, 5.41) is 11.3. The van der Waals surface area contributed by atoms with Crippen LogP contribution in [0.2, 0.25) is 0 Å². The predicted molar refractivity (Wildman–Crippen MR) is 133 cm³/mol. The molecule has 2 bridgehead atoms. The summed E-state index contributed by atoms with van der Waals surface area (Å²) < 4.78 is 34.8. The van der Waals surface area contributed by atoms with Crippen LogP contribution in [0.3, 0.4) is 0 Å². The average Bonchev–Trinajstić information content (AvgIpc) is 3.63. The van der Waals surface area contributed by atoms with Gasteiger partial charge < -0.3 is 21.1 Å². The van der Waals surface area contributed by atoms with Crippen LogP contribution in [0, 0.1) is 5.92 Å². The number of nitrogen functional groups attached to an aromatic ring is 1. The molecule has 2 aromatic heterocycles. The lowest BCUT2D eigenvalue weighted by Crippen LogP contribution is -2.42. The molecule has 3 aliphatic rings. The fourth-order valence-corrected chi connectivity index (χ4v) is 5.97. The van der Waals surface area contributed by atoms with Crippen molar-refractivity contribution in [2.75, 3.05) is 37.8 Å². The van der Waals surface area contributed by atoms with Crippen molar-refractivity contribution in [1.29, 1.82) is 0 Å². The standard InChI is InChI=1S/C25H32F2N8O/c1-36-21-6-15(12-34-14-18-7-19(34)10-29-18)2-3-17(21)13-35-22-20(11-31-35)32-24(28)33-23(22)30-9-16-4-5-25(26,27)8-16/h2-3,6,11,16,18-19,29H,4-5,7-10,12-14H2,1H3,(H3,28,30,32,33)/t16?,18-,19-/m0/s1. The SMILES string of the molecule is COc1cc(CN2C[C@@H]3C[C@H]2CN3)ccc1Cn1ncc2nc(N)nc(NCC3CCC(F)(F)C3)c21. The second-order valence-corrected chi connectivity index (χ2v) is 10.4. The van der Waals surface area contributed by atoms with Gasteiger partial charge in [-0.25, -0.2) is 13.8 Å². The number of hydrogen-bond donors (Lipinski definition) is 3. The van der Waals surface area contributed by atoms with E-state index >= 15 is 0 Å². The minimum atomic E-state index is -2.58. The summed E-state index contributed by atoms with van der Waals surface area (Å²) in [5.41, 5.74) is 9.42. The highest BCUT2D eigenvalue weighted by atomic mass is 19.3. The van der Waals surface area contributed by atoms with Gasteiger partial charge in [0, 0.05) is 56.7 Å². The maximum Gasteiger partial charge on any atom is 0.248 e. The number of aromatic nitrogens is 4. The van der Waals surface area contributed by atoms with Gasteiger partial charge in [0.15, 0.2) is 5.82 Å². The van der Waals surface area contributed by atoms with E-state index in [1.54, 1.807) is 13.3 Å². The van der Waals surface area contributed by atoms with Gasteiger partial charge in [0.2, 0.25) is 11.9 Å². The number of halogens is 2. The van der Waals surface area contributed by atoms with Gasteiger partial charge in [-0.05, 0) is 30.4 Å². The first kappa shape index (κ1) is 23.4. The largest absolute Gasteiger partial charge is 0.496 e. The number of hydrogen-bond acceptors (Lipinski definition) is 8. The van der Waals surface area contributed by atoms with Crippen molar-refractivity contribution in [2.24, 2.45) is 5.92 Å². The molecule has 9 nitrogen and oxygen atoms in total. The molecular formula is C25H32F2N8O. The Kier molecular flexibility index (Phi) is 5.91. The van der Waals surface area contributed by atoms with Crippen LogP contribution < -0.4 is 21.1 Å². The number of methoxy groups -OCH3 is 1. The van der Waals surface area contributed by atoms with Crippen LogP contribution in [0.1, 0.15) is 36.8 Å². The first-order chi connectivity index (χ1) is 17.4. The summed E-state index contributed by atoms with van der Waals surface area (Å²) in [7, 11) is 1.68. The van der Waals surface area contributed by atoms with Gasteiger partial charge in [0.1, 0.15) is 16.8 Å². The summed E-state index contributed by atoms with van der Waals surface area (Å²) >= 11 is 0. The van der Waals surface area contributed by atoms with E-state index in [1.165, 1.54) is 12.0 Å². The van der Waals surface area contributed by atoms with Crippen LogP contribution >= 0.6 is 0 Å². The summed E-state index contributed by atoms with van der Waals surface area (Å²) in [6.45, 7) is 3.92. The molecule has 4 N–H and O–H groups in total. The molecule has 0 spiro atoms. The van der Waals surface area contributed by atoms with Gasteiger partial charge in [0.05, 0.1) is 19.9 Å². The van der Waals surface area contributed by atoms with Crippen LogP contribution in [0.25, 0.3) is 11.0 Å². The molecule has 3 fully saturated rings. The van der Waals surface area contributed by atoms with Crippen LogP contribution in [-0.2, 0) is 13.1 Å². The summed E-state index contributed by atoms with van der Waals surface area (Å²) in [5.74, 6) is -1.26. The quantitative estimate of drug-likeness (QED) is 0.435. The number of alkyl halides is 2. The number of likely N-dealkylation sites (tertiary alicyclic amines) is 1. The van der Waals surface area contributed by atoms with Crippen molar-refractivity contribution in [3.05, 3.63) is 35.5 Å². The summed E-state index contributed by atoms with van der Waals surface area (Å²) in [6.07, 6.45) is 3.20. The first-order valence-electron chi connectivity index (χ1n) is 12.6. The smallest absolute Gasteiger partial charge is 0.248 e. The van der Waals surface area contributed by atoms with E-state index < -0.39 is 5.92 Å². The van der Waals surface area contributed by atoms with E-state index in [4.69, 9.17) is 10.5 Å². The first-order valence-corrected chi connectivity index (χ1v) is 12.6. The third-order valence-corrected chi connectivity index (χ3v) is 7.80. The van der Waals surface area contributed by atoms with Gasteiger partial charge >= 0.3 is 0 Å². The Morgan fingerprint density at radius 3 is 2.89 bits per heavy atom. The summed E-state index contributed by atoms with van der Waals surface area (Å²) in [6, 6.07) is 7.57. The van der Waals surface area contributed by atoms with Crippen LogP contribution in [-0.4, -0.2) is 69.4 Å². The van der Waals surface area contributed by atoms with E-state index in [0.29, 0.717) is 48.4 Å². The molecule has 1 saturated carbocycles. The monoisotopic (exact) mass is 498 g/mol. The number of anilines is 2. The molecule has 11 heteroatoms. The number of ether oxygens (including phenoxy) is 1. The van der Waals surface area contributed by atoms with E-state index in [1.807, 2.05) is 4.68 Å². The molecule has 1 aliphatic carbocycles. The molecule has 3 atom stereocenters. The molecule has 0 amide bonds. The number of nitrogens with one attached hydrogen (secondary N) is 2. The highest BCUT2D eigenvalue weighted by molar-refractivity contribution is 5.86. The van der Waals surface area contributed by atoms with Crippen molar-refractivity contribution in [3.63, 3.8) is 0 Å². The van der Waals surface area contributed by atoms with Crippen molar-refractivity contribution in [3.8, 4) is 5.75 Å². The Balaban J connectivity index is 1.21. The van der Waals surface area contributed by atoms with Gasteiger partial charge in [-0.1, -0.05) is 12.1 Å². The number of piperazine rings is 1. The molecule has 36 heavy (non-hydrogen) atoms. The topological polar surface area (TPSA) is 106 Å². The second kappa shape index (κ2) is 9.11. The Morgan fingerprint density at radius 1 is 1.28 bits per heavy atom. The van der Waals surface area contributed by atoms with Crippen molar-refractivity contribution < 1.29 is 13.5 Å². The molecule has 3 aromatic rings. The Morgan fingerprint density at radius 2 is 2.17 bits per heavy atom. The van der Waals surface area contributed by atoms with Gasteiger partial charge in [-0.2, -0.15) is 10.1 Å². The summed E-state index contributed by atoms with van der Waals surface area (Å²) in [4.78, 5) is 11.2. The van der Waals surface area contributed by atoms with Gasteiger partial charge in [-0.15, -0.1) is 0 Å². The van der Waals surface area contributed by atoms with Crippen LogP contribution in [0.15, 0.2) is 24.4 Å². The van der Waals surface area contributed by atoms with E-state index in [9.17, 15) is 8.78 Å². The molecule has 2 saturated heterocycles. The average molecular weight is 499 g/mol. The van der Waals surface area contributed by atoms with E-state index in [-0.39, 0.29) is 24.7 Å². The fourth-order valence-electron chi connectivity index (χ4n) is 5.97. The van der Waals surface area contributed by atoms with Gasteiger partial charge in [0.25, 0.3) is 0 Å². The third-order valence-electron chi connectivity index (χ3n) is 7.80. The number of fused-ring (bicyclic) bond motifs is 3. The lowest BCUT2D eigenvalue weighted by Gasteiger charge is -2.27. The number of benzene rings is 1. The van der Waals surface area contributed by atoms with E-state index in [0.717, 1.165) is 30.9 Å². The number of nitrogens with zero attached hydrogens (tertiary/aromatic N) is 5. The molecule has 192 valence electrons. The normalized spacial score (nSPS) is 25.1. The van der Waals surface area contributed by atoms with E-state index in [2.05, 4.69) is 48.8 Å². The zero-order valence-electron chi connectivity index (χ0n) is 20.4. The highest BCUT2D eigenvalue weighted by Crippen LogP contribution is 2.39. The highest BCUT2D eigenvalue weighted by Gasteiger charge is 2.39. The molecule has 6 rings (SSSR count). The van der Waals surface area contributed by atoms with Crippen LogP contribution in [0.4, 0.5) is 20.5 Å². The molecule has 1 unspecified atom stereocenters. The van der Waals surface area contributed by atoms with Crippen molar-refractivity contribution in [2.45, 2.75) is 56.8 Å². The fraction of sp³-hybridized carbons (Fsp3) is 0.560. The molecule has 2 aliphatic heterocycles. The Labute approximate surface area is 208 Å². The third kappa shape index (κ3) is 4.57. The lowest BCUT2D eigenvalue weighted by molar-refractivity contribution is 0.00556. The molecule has 4 heterocycles. The van der Waals surface area contributed by atoms with Gasteiger partial charge in [-0.3, -0.25) is 9.58 Å². The lowest BCUT2D eigenvalue weighted by atomic mass is 10.1. The second-order valence-electron chi connectivity index (χ2n) is 10.4. The minimum Gasteiger partial charge on any atom is -0.496 e. The van der Waals surface area contributed by atoms with Crippen molar-refractivity contribution >= 4 is 22.8 Å².